The molecule has 3 aliphatic heterocycles. The van der Waals surface area contributed by atoms with Crippen molar-refractivity contribution in [3.63, 3.8) is 0 Å². The van der Waals surface area contributed by atoms with E-state index in [-0.39, 0.29) is 24.1 Å². The predicted octanol–water partition coefficient (Wildman–Crippen LogP) is 3.03. The minimum absolute atomic E-state index is 0.00381. The van der Waals surface area contributed by atoms with Gasteiger partial charge in [-0.25, -0.2) is 4.79 Å². The second-order valence-corrected chi connectivity index (χ2v) is 15.9. The number of Topliss-reactive ketones (excluding diaryl/α,β-unsaturated/α-hetero) is 1. The predicted molar refractivity (Wildman–Crippen MR) is 198 cm³/mol. The highest BCUT2D eigenvalue weighted by Crippen LogP contribution is 2.37. The quantitative estimate of drug-likeness (QED) is 0.204. The summed E-state index contributed by atoms with van der Waals surface area (Å²) in [6.07, 6.45) is -3.39. The number of alkyl carbamates (subject to hydrolysis) is 1. The fraction of sp³-hybridized carbons (Fsp3) is 0.769. The Hall–Kier alpha value is -2.85. The number of hydrogen-bond donors (Lipinski definition) is 4. The van der Waals surface area contributed by atoms with E-state index in [2.05, 4.69) is 22.9 Å². The lowest BCUT2D eigenvalue weighted by atomic mass is 9.78. The van der Waals surface area contributed by atoms with E-state index in [4.69, 9.17) is 28.4 Å². The number of esters is 1. The number of nitrogens with one attached hydrogen (secondary N) is 3. The van der Waals surface area contributed by atoms with E-state index in [1.165, 1.54) is 6.92 Å². The van der Waals surface area contributed by atoms with Crippen LogP contribution in [0.25, 0.3) is 0 Å². The zero-order valence-corrected chi connectivity index (χ0v) is 33.5. The molecule has 1 aromatic rings. The Morgan fingerprint density at radius 3 is 2.34 bits per heavy atom. The van der Waals surface area contributed by atoms with Crippen molar-refractivity contribution in [2.45, 2.75) is 134 Å². The molecule has 14 heteroatoms. The summed E-state index contributed by atoms with van der Waals surface area (Å²) in [4.78, 5) is 42.5. The summed E-state index contributed by atoms with van der Waals surface area (Å²) in [5, 5.41) is 21.6. The normalized spacial score (nSPS) is 39.0. The number of carbonyl (C=O) groups is 3. The van der Waals surface area contributed by atoms with Gasteiger partial charge in [-0.15, -0.1) is 0 Å². The minimum atomic E-state index is -1.17. The number of likely N-dealkylation sites (N-methyl/N-ethyl adjacent to an activating group) is 1. The maximum Gasteiger partial charge on any atom is 0.408 e. The lowest BCUT2D eigenvalue weighted by Crippen LogP contribution is -2.60. The van der Waals surface area contributed by atoms with Crippen LogP contribution in [-0.2, 0) is 39.8 Å². The van der Waals surface area contributed by atoms with Crippen LogP contribution < -0.4 is 20.7 Å². The van der Waals surface area contributed by atoms with Crippen molar-refractivity contribution in [1.82, 2.24) is 20.9 Å². The average Bonchev–Trinajstić information content (AvgIpc) is 3.45. The van der Waals surface area contributed by atoms with E-state index in [0.717, 1.165) is 11.3 Å². The first-order chi connectivity index (χ1) is 25.0. The monoisotopic (exact) mass is 748 g/mol. The van der Waals surface area contributed by atoms with Crippen molar-refractivity contribution in [3.05, 3.63) is 29.8 Å². The van der Waals surface area contributed by atoms with Gasteiger partial charge in [0.15, 0.2) is 17.7 Å². The summed E-state index contributed by atoms with van der Waals surface area (Å²) in [6.45, 7) is 14.4. The molecule has 3 saturated heterocycles. The van der Waals surface area contributed by atoms with E-state index in [1.54, 1.807) is 28.1 Å². The molecule has 3 fully saturated rings. The molecule has 4 rings (SSSR count). The molecule has 0 aromatic heterocycles. The molecule has 0 spiro atoms. The van der Waals surface area contributed by atoms with Crippen LogP contribution in [-0.4, -0.2) is 129 Å². The van der Waals surface area contributed by atoms with Crippen LogP contribution >= 0.6 is 0 Å². The number of hydrogen-bond acceptors (Lipinski definition) is 13. The molecule has 53 heavy (non-hydrogen) atoms. The topological polar surface area (TPSA) is 166 Å². The number of fused-ring (bicyclic) bond motifs is 1. The molecule has 0 bridgehead atoms. The van der Waals surface area contributed by atoms with Crippen molar-refractivity contribution >= 4 is 17.8 Å². The van der Waals surface area contributed by atoms with E-state index in [0.29, 0.717) is 38.9 Å². The van der Waals surface area contributed by atoms with Gasteiger partial charge in [0.1, 0.15) is 23.9 Å². The molecular weight excluding hydrogens is 684 g/mol. The van der Waals surface area contributed by atoms with Gasteiger partial charge < -0.3 is 54.4 Å². The number of benzene rings is 1. The zero-order valence-electron chi connectivity index (χ0n) is 33.5. The number of amides is 1. The second-order valence-electron chi connectivity index (χ2n) is 15.9. The molecule has 0 radical (unpaired) electrons. The summed E-state index contributed by atoms with van der Waals surface area (Å²) < 4.78 is 36.5. The first-order valence-electron chi connectivity index (χ1n) is 19.0. The Bertz CT molecular complexity index is 1380. The van der Waals surface area contributed by atoms with Gasteiger partial charge in [-0.2, -0.15) is 0 Å². The number of nitrogens with zero attached hydrogens (tertiary/aromatic N) is 1. The van der Waals surface area contributed by atoms with Crippen LogP contribution in [0.15, 0.2) is 24.3 Å². The van der Waals surface area contributed by atoms with Gasteiger partial charge in [0.05, 0.1) is 31.0 Å². The molecule has 300 valence electrons. The van der Waals surface area contributed by atoms with E-state index in [1.807, 2.05) is 64.0 Å². The van der Waals surface area contributed by atoms with Crippen LogP contribution in [0.3, 0.4) is 0 Å². The third-order valence-corrected chi connectivity index (χ3v) is 11.6. The summed E-state index contributed by atoms with van der Waals surface area (Å²) in [5.41, 5.74) is -1.14. The van der Waals surface area contributed by atoms with Gasteiger partial charge in [0.2, 0.25) is 0 Å². The number of methoxy groups -OCH3 is 2. The average molecular weight is 749 g/mol. The van der Waals surface area contributed by atoms with Gasteiger partial charge in [-0.05, 0) is 91.2 Å². The Balaban J connectivity index is 1.62. The van der Waals surface area contributed by atoms with E-state index >= 15 is 0 Å². The number of aliphatic hydroxyl groups is 1. The summed E-state index contributed by atoms with van der Waals surface area (Å²) in [6, 6.07) is 6.77. The highest BCUT2D eigenvalue weighted by Gasteiger charge is 2.55. The lowest BCUT2D eigenvalue weighted by molar-refractivity contribution is -0.297. The van der Waals surface area contributed by atoms with Gasteiger partial charge in [-0.3, -0.25) is 9.59 Å². The Morgan fingerprint density at radius 1 is 1.06 bits per heavy atom. The highest BCUT2D eigenvalue weighted by atomic mass is 16.7. The Morgan fingerprint density at radius 2 is 1.74 bits per heavy atom. The van der Waals surface area contributed by atoms with Gasteiger partial charge in [-0.1, -0.05) is 32.9 Å². The smallest absolute Gasteiger partial charge is 0.408 e. The molecule has 3 aliphatic rings. The van der Waals surface area contributed by atoms with Gasteiger partial charge in [0.25, 0.3) is 0 Å². The molecule has 1 aromatic carbocycles. The molecule has 3 heterocycles. The number of carbonyl (C=O) groups excluding carboxylic acids is 3. The molecule has 13 atom stereocenters. The van der Waals surface area contributed by atoms with E-state index < -0.39 is 71.5 Å². The van der Waals surface area contributed by atoms with Crippen LogP contribution in [0.5, 0.6) is 5.75 Å². The molecule has 1 amide bonds. The maximum absolute atomic E-state index is 14.3. The first-order valence-corrected chi connectivity index (χ1v) is 19.0. The molecule has 4 N–H and O–H groups in total. The van der Waals surface area contributed by atoms with Gasteiger partial charge in [0, 0.05) is 38.2 Å². The fourth-order valence-corrected chi connectivity index (χ4v) is 8.27. The molecule has 0 saturated carbocycles. The van der Waals surface area contributed by atoms with Crippen molar-refractivity contribution in [3.8, 4) is 5.75 Å². The van der Waals surface area contributed by atoms with Crippen molar-refractivity contribution in [2.75, 3.05) is 41.4 Å². The lowest BCUT2D eigenvalue weighted by Gasteiger charge is -2.47. The Labute approximate surface area is 315 Å². The van der Waals surface area contributed by atoms with Crippen LogP contribution in [0, 0.1) is 17.8 Å². The third-order valence-electron chi connectivity index (χ3n) is 11.6. The maximum atomic E-state index is 14.3. The standard InChI is InChI=1S/C39H64N4O10/c1-12-30-39(7)33(42-37(47)53-39)25(5)41-19-22(2)18-38(6,49-11)34(23(3)31(44)24(4)35(46)51-30)52-36-32(45)29(43(8)9)17-28(50-36)21-40-20-26-13-15-27(48-10)16-14-26/h13-16,22-25,28-30,32-34,36,40-41,45H,12,17-21H2,1-11H3,(H,42,47)/t22-,23+,24?,25-,28?,29?,30-,32?,33-,34-,36+,38-,39-/m1/s1. The van der Waals surface area contributed by atoms with Gasteiger partial charge >= 0.3 is 12.1 Å². The van der Waals surface area contributed by atoms with E-state index in [9.17, 15) is 19.5 Å². The SMILES string of the molecule is CC[C@H]1OC(=O)C(C)C(=O)[C@H](C)[C@@H](O[C@@H]2OC(CNCc3ccc(OC)cc3)CC(N(C)C)C2O)[C@](C)(OC)C[C@@H](C)CN[C@H](C)[C@H]2NC(=O)O[C@@]21C. The van der Waals surface area contributed by atoms with Crippen molar-refractivity contribution in [1.29, 1.82) is 0 Å². The summed E-state index contributed by atoms with van der Waals surface area (Å²) in [7, 11) is 7.03. The second kappa shape index (κ2) is 18.2. The van der Waals surface area contributed by atoms with Crippen LogP contribution in [0.4, 0.5) is 4.79 Å². The van der Waals surface area contributed by atoms with Crippen molar-refractivity contribution < 1.29 is 47.9 Å². The number of ketones is 1. The summed E-state index contributed by atoms with van der Waals surface area (Å²) in [5.74, 6) is -2.37. The van der Waals surface area contributed by atoms with Crippen LogP contribution in [0.2, 0.25) is 0 Å². The largest absolute Gasteiger partial charge is 0.497 e. The van der Waals surface area contributed by atoms with Crippen molar-refractivity contribution in [2.24, 2.45) is 17.8 Å². The molecule has 0 aliphatic carbocycles. The molecule has 14 nitrogen and oxygen atoms in total. The third kappa shape index (κ3) is 9.88. The zero-order chi connectivity index (χ0) is 39.2. The number of cyclic esters (lactones) is 1. The Kier molecular flexibility index (Phi) is 14.7. The molecular formula is C39H64N4O10. The fourth-order valence-electron chi connectivity index (χ4n) is 8.27. The number of ether oxygens (including phenoxy) is 6. The molecule has 4 unspecified atom stereocenters. The highest BCUT2D eigenvalue weighted by molar-refractivity contribution is 6.00. The van der Waals surface area contributed by atoms with Crippen LogP contribution in [0.1, 0.15) is 73.3 Å². The first kappa shape index (κ1) is 42.9. The number of aliphatic hydroxyl groups excluding tert-OH is 1. The minimum Gasteiger partial charge on any atom is -0.497 e. The summed E-state index contributed by atoms with van der Waals surface area (Å²) >= 11 is 0. The number of rotatable bonds is 10.